The van der Waals surface area contributed by atoms with Crippen molar-refractivity contribution in [2.24, 2.45) is 0 Å². The average Bonchev–Trinajstić information content (AvgIpc) is 2.90. The van der Waals surface area contributed by atoms with Crippen LogP contribution >= 0.6 is 11.6 Å². The standard InChI is InChI=1S/C15H12ClNO3/c16-14-8-7-13(20-14)15(19)17-10-12-5-3-11(4-6-12)2-1-9-18/h3-8,18H,9-10H2,(H,17,19). The predicted molar refractivity (Wildman–Crippen MR) is 75.3 cm³/mol. The number of halogens is 1. The van der Waals surface area contributed by atoms with Crippen LogP contribution < -0.4 is 5.32 Å². The summed E-state index contributed by atoms with van der Waals surface area (Å²) < 4.78 is 5.01. The van der Waals surface area contributed by atoms with Gasteiger partial charge in [-0.3, -0.25) is 4.79 Å². The molecule has 0 radical (unpaired) electrons. The molecule has 20 heavy (non-hydrogen) atoms. The molecule has 2 N–H and O–H groups in total. The summed E-state index contributed by atoms with van der Waals surface area (Å²) in [6.07, 6.45) is 0. The van der Waals surface area contributed by atoms with Gasteiger partial charge in [0.2, 0.25) is 0 Å². The molecular formula is C15H12ClNO3. The number of carbonyl (C=O) groups is 1. The Morgan fingerprint density at radius 3 is 2.60 bits per heavy atom. The number of hydrogen-bond donors (Lipinski definition) is 2. The largest absolute Gasteiger partial charge is 0.440 e. The molecule has 0 saturated carbocycles. The van der Waals surface area contributed by atoms with Gasteiger partial charge in [-0.05, 0) is 41.4 Å². The summed E-state index contributed by atoms with van der Waals surface area (Å²) in [5, 5.41) is 11.5. The molecule has 0 bridgehead atoms. The fourth-order valence-corrected chi connectivity index (χ4v) is 1.70. The summed E-state index contributed by atoms with van der Waals surface area (Å²) >= 11 is 5.60. The van der Waals surface area contributed by atoms with E-state index in [0.717, 1.165) is 11.1 Å². The summed E-state index contributed by atoms with van der Waals surface area (Å²) in [6, 6.07) is 10.4. The van der Waals surface area contributed by atoms with Gasteiger partial charge in [0.25, 0.3) is 5.91 Å². The van der Waals surface area contributed by atoms with Gasteiger partial charge < -0.3 is 14.8 Å². The van der Waals surface area contributed by atoms with Crippen LogP contribution in [0.25, 0.3) is 0 Å². The first-order valence-corrected chi connectivity index (χ1v) is 6.29. The first kappa shape index (κ1) is 14.2. The van der Waals surface area contributed by atoms with Crippen LogP contribution in [0, 0.1) is 11.8 Å². The normalized spacial score (nSPS) is 9.70. The number of amides is 1. The van der Waals surface area contributed by atoms with Gasteiger partial charge in [0, 0.05) is 12.1 Å². The molecule has 1 heterocycles. The molecule has 1 amide bonds. The number of nitrogens with one attached hydrogen (secondary N) is 1. The molecule has 1 aromatic heterocycles. The number of rotatable bonds is 3. The zero-order valence-electron chi connectivity index (χ0n) is 10.5. The van der Waals surface area contributed by atoms with E-state index in [1.165, 1.54) is 12.1 Å². The maximum atomic E-state index is 11.7. The van der Waals surface area contributed by atoms with Gasteiger partial charge >= 0.3 is 0 Å². The van der Waals surface area contributed by atoms with E-state index in [1.807, 2.05) is 24.3 Å². The second-order valence-electron chi connectivity index (χ2n) is 3.94. The third-order valence-corrected chi connectivity index (χ3v) is 2.72. The molecule has 2 rings (SSSR count). The van der Waals surface area contributed by atoms with E-state index in [0.29, 0.717) is 6.54 Å². The molecule has 0 aliphatic rings. The predicted octanol–water partition coefficient (Wildman–Crippen LogP) is 2.21. The highest BCUT2D eigenvalue weighted by molar-refractivity contribution is 6.29. The number of furan rings is 1. The quantitative estimate of drug-likeness (QED) is 0.852. The van der Waals surface area contributed by atoms with E-state index in [-0.39, 0.29) is 23.5 Å². The Morgan fingerprint density at radius 2 is 2.00 bits per heavy atom. The molecule has 0 aliphatic carbocycles. The van der Waals surface area contributed by atoms with Gasteiger partial charge in [0.05, 0.1) is 0 Å². The van der Waals surface area contributed by atoms with Crippen LogP contribution in [0.15, 0.2) is 40.8 Å². The summed E-state index contributed by atoms with van der Waals surface area (Å²) in [6.45, 7) is 0.217. The van der Waals surface area contributed by atoms with E-state index >= 15 is 0 Å². The van der Waals surface area contributed by atoms with E-state index in [4.69, 9.17) is 21.1 Å². The number of aliphatic hydroxyl groups excluding tert-OH is 1. The molecule has 0 fully saturated rings. The maximum absolute atomic E-state index is 11.7. The smallest absolute Gasteiger partial charge is 0.287 e. The van der Waals surface area contributed by atoms with Gasteiger partial charge in [0.15, 0.2) is 11.0 Å². The highest BCUT2D eigenvalue weighted by Crippen LogP contribution is 2.13. The minimum Gasteiger partial charge on any atom is -0.440 e. The summed E-state index contributed by atoms with van der Waals surface area (Å²) in [5.41, 5.74) is 1.75. The number of aliphatic hydroxyl groups is 1. The van der Waals surface area contributed by atoms with Gasteiger partial charge in [-0.25, -0.2) is 0 Å². The molecule has 102 valence electrons. The Morgan fingerprint density at radius 1 is 1.25 bits per heavy atom. The lowest BCUT2D eigenvalue weighted by molar-refractivity contribution is 0.0923. The second kappa shape index (κ2) is 6.80. The molecule has 2 aromatic rings. The maximum Gasteiger partial charge on any atom is 0.287 e. The third-order valence-electron chi connectivity index (χ3n) is 2.52. The molecule has 0 unspecified atom stereocenters. The van der Waals surface area contributed by atoms with E-state index < -0.39 is 0 Å². The Balaban J connectivity index is 1.92. The Kier molecular flexibility index (Phi) is 4.83. The Bertz CT molecular complexity index is 650. The minimum absolute atomic E-state index is 0.163. The van der Waals surface area contributed by atoms with Crippen LogP contribution in [-0.4, -0.2) is 17.6 Å². The first-order valence-electron chi connectivity index (χ1n) is 5.91. The summed E-state index contributed by atoms with van der Waals surface area (Å²) in [5.74, 6) is 5.23. The lowest BCUT2D eigenvalue weighted by Crippen LogP contribution is -2.22. The number of benzene rings is 1. The van der Waals surface area contributed by atoms with Crippen molar-refractivity contribution in [1.29, 1.82) is 0 Å². The topological polar surface area (TPSA) is 62.5 Å². The molecule has 0 aliphatic heterocycles. The first-order chi connectivity index (χ1) is 9.69. The van der Waals surface area contributed by atoms with Crippen molar-refractivity contribution < 1.29 is 14.3 Å². The van der Waals surface area contributed by atoms with E-state index in [2.05, 4.69) is 17.2 Å². The van der Waals surface area contributed by atoms with Crippen molar-refractivity contribution in [1.82, 2.24) is 5.32 Å². The van der Waals surface area contributed by atoms with Crippen molar-refractivity contribution in [3.05, 3.63) is 58.5 Å². The van der Waals surface area contributed by atoms with Crippen LogP contribution in [0.1, 0.15) is 21.7 Å². The molecule has 5 heteroatoms. The fourth-order valence-electron chi connectivity index (χ4n) is 1.55. The van der Waals surface area contributed by atoms with Crippen LogP contribution in [0.3, 0.4) is 0 Å². The Labute approximate surface area is 121 Å². The molecule has 4 nitrogen and oxygen atoms in total. The van der Waals surface area contributed by atoms with Gasteiger partial charge in [-0.15, -0.1) is 0 Å². The molecule has 0 atom stereocenters. The van der Waals surface area contributed by atoms with Crippen molar-refractivity contribution >= 4 is 17.5 Å². The summed E-state index contributed by atoms with van der Waals surface area (Å²) in [7, 11) is 0. The second-order valence-corrected chi connectivity index (χ2v) is 4.32. The van der Waals surface area contributed by atoms with E-state index in [1.54, 1.807) is 0 Å². The van der Waals surface area contributed by atoms with Crippen LogP contribution in [-0.2, 0) is 6.54 Å². The highest BCUT2D eigenvalue weighted by Gasteiger charge is 2.09. The van der Waals surface area contributed by atoms with Gasteiger partial charge in [-0.1, -0.05) is 24.0 Å². The average molecular weight is 290 g/mol. The van der Waals surface area contributed by atoms with Crippen molar-refractivity contribution in [3.63, 3.8) is 0 Å². The minimum atomic E-state index is -0.318. The van der Waals surface area contributed by atoms with Gasteiger partial charge in [0.1, 0.15) is 6.61 Å². The summed E-state index contributed by atoms with van der Waals surface area (Å²) in [4.78, 5) is 11.7. The third kappa shape index (κ3) is 3.89. The zero-order chi connectivity index (χ0) is 14.4. The van der Waals surface area contributed by atoms with Crippen LogP contribution in [0.4, 0.5) is 0 Å². The molecular weight excluding hydrogens is 278 g/mol. The Hall–Kier alpha value is -2.22. The molecule has 0 saturated heterocycles. The van der Waals surface area contributed by atoms with Crippen LogP contribution in [0.2, 0.25) is 5.22 Å². The molecule has 0 spiro atoms. The zero-order valence-corrected chi connectivity index (χ0v) is 11.3. The number of carbonyl (C=O) groups excluding carboxylic acids is 1. The van der Waals surface area contributed by atoms with Crippen molar-refractivity contribution in [2.45, 2.75) is 6.54 Å². The van der Waals surface area contributed by atoms with Gasteiger partial charge in [-0.2, -0.15) is 0 Å². The van der Waals surface area contributed by atoms with Crippen LogP contribution in [0.5, 0.6) is 0 Å². The molecule has 1 aromatic carbocycles. The lowest BCUT2D eigenvalue weighted by Gasteiger charge is -2.03. The van der Waals surface area contributed by atoms with E-state index in [9.17, 15) is 4.79 Å². The highest BCUT2D eigenvalue weighted by atomic mass is 35.5. The van der Waals surface area contributed by atoms with Crippen molar-refractivity contribution in [3.8, 4) is 11.8 Å². The SMILES string of the molecule is O=C(NCc1ccc(C#CCO)cc1)c1ccc(Cl)o1. The van der Waals surface area contributed by atoms with Crippen molar-refractivity contribution in [2.75, 3.05) is 6.61 Å². The fraction of sp³-hybridized carbons (Fsp3) is 0.133. The monoisotopic (exact) mass is 289 g/mol. The number of hydrogen-bond acceptors (Lipinski definition) is 3. The lowest BCUT2D eigenvalue weighted by atomic mass is 10.1.